The third kappa shape index (κ3) is 3.21. The van der Waals surface area contributed by atoms with Crippen LogP contribution < -0.4 is 10.2 Å². The van der Waals surface area contributed by atoms with E-state index in [0.717, 1.165) is 15.7 Å². The fourth-order valence-corrected chi connectivity index (χ4v) is 2.94. The molecule has 0 radical (unpaired) electrons. The molecule has 5 heteroatoms. The molecular formula is C18H15BrN2OS. The lowest BCUT2D eigenvalue weighted by Gasteiger charge is -2.13. The minimum Gasteiger partial charge on any atom is -0.327 e. The molecule has 0 aliphatic carbocycles. The van der Waals surface area contributed by atoms with Crippen LogP contribution >= 0.6 is 28.1 Å². The van der Waals surface area contributed by atoms with E-state index in [0.29, 0.717) is 10.8 Å². The zero-order valence-corrected chi connectivity index (χ0v) is 15.2. The van der Waals surface area contributed by atoms with Crippen molar-refractivity contribution < 1.29 is 4.79 Å². The van der Waals surface area contributed by atoms with Crippen LogP contribution in [0, 0.1) is 13.8 Å². The standard InChI is InChI=1S/C18H15BrN2OS/c1-11-3-4-13(9-12(11)2)10-16-17(22)21(18(23)20-16)15-7-5-14(19)6-8-15/h3-10H,1-2H3,(H,20,23)/b16-10-. The second-order valence-electron chi connectivity index (χ2n) is 5.45. The van der Waals surface area contributed by atoms with Crippen molar-refractivity contribution in [1.82, 2.24) is 5.32 Å². The van der Waals surface area contributed by atoms with Crippen LogP contribution in [0.25, 0.3) is 6.08 Å². The fourth-order valence-electron chi connectivity index (χ4n) is 2.38. The van der Waals surface area contributed by atoms with E-state index >= 15 is 0 Å². The topological polar surface area (TPSA) is 32.3 Å². The predicted molar refractivity (Wildman–Crippen MR) is 101 cm³/mol. The molecule has 1 amide bonds. The molecule has 0 saturated carbocycles. The Kier molecular flexibility index (Phi) is 4.33. The van der Waals surface area contributed by atoms with Gasteiger partial charge in [0.1, 0.15) is 5.70 Å². The summed E-state index contributed by atoms with van der Waals surface area (Å²) in [5.74, 6) is -0.143. The number of carbonyl (C=O) groups excluding carboxylic acids is 1. The van der Waals surface area contributed by atoms with Gasteiger partial charge < -0.3 is 5.32 Å². The number of amides is 1. The molecule has 1 aliphatic rings. The highest BCUT2D eigenvalue weighted by molar-refractivity contribution is 9.10. The summed E-state index contributed by atoms with van der Waals surface area (Å²) in [6, 6.07) is 13.6. The minimum absolute atomic E-state index is 0.143. The molecular weight excluding hydrogens is 372 g/mol. The molecule has 1 N–H and O–H groups in total. The molecule has 0 spiro atoms. The number of halogens is 1. The highest BCUT2D eigenvalue weighted by Gasteiger charge is 2.31. The second-order valence-corrected chi connectivity index (χ2v) is 6.75. The van der Waals surface area contributed by atoms with Gasteiger partial charge in [-0.25, -0.2) is 0 Å². The monoisotopic (exact) mass is 386 g/mol. The molecule has 2 aromatic carbocycles. The Morgan fingerprint density at radius 2 is 1.78 bits per heavy atom. The molecule has 0 unspecified atom stereocenters. The fraction of sp³-hybridized carbons (Fsp3) is 0.111. The third-order valence-corrected chi connectivity index (χ3v) is 4.62. The maximum atomic E-state index is 12.7. The highest BCUT2D eigenvalue weighted by atomic mass is 79.9. The van der Waals surface area contributed by atoms with E-state index in [2.05, 4.69) is 41.2 Å². The van der Waals surface area contributed by atoms with Crippen molar-refractivity contribution in [2.75, 3.05) is 4.90 Å². The van der Waals surface area contributed by atoms with E-state index in [4.69, 9.17) is 12.2 Å². The Morgan fingerprint density at radius 3 is 2.43 bits per heavy atom. The van der Waals surface area contributed by atoms with Crippen LogP contribution in [-0.2, 0) is 4.79 Å². The number of aryl methyl sites for hydroxylation is 2. The number of benzene rings is 2. The van der Waals surface area contributed by atoms with Crippen molar-refractivity contribution in [3.8, 4) is 0 Å². The van der Waals surface area contributed by atoms with Crippen LogP contribution in [0.1, 0.15) is 16.7 Å². The van der Waals surface area contributed by atoms with E-state index in [-0.39, 0.29) is 5.91 Å². The molecule has 3 nitrogen and oxygen atoms in total. The Balaban J connectivity index is 1.92. The summed E-state index contributed by atoms with van der Waals surface area (Å²) >= 11 is 8.70. The molecule has 0 aromatic heterocycles. The maximum absolute atomic E-state index is 12.7. The number of anilines is 1. The number of rotatable bonds is 2. The second kappa shape index (κ2) is 6.26. The number of nitrogens with one attached hydrogen (secondary N) is 1. The van der Waals surface area contributed by atoms with Gasteiger partial charge in [-0.3, -0.25) is 9.69 Å². The number of nitrogens with zero attached hydrogens (tertiary/aromatic N) is 1. The van der Waals surface area contributed by atoms with Crippen LogP contribution in [0.3, 0.4) is 0 Å². The minimum atomic E-state index is -0.143. The van der Waals surface area contributed by atoms with Gasteiger partial charge in [-0.1, -0.05) is 34.1 Å². The predicted octanol–water partition coefficient (Wildman–Crippen LogP) is 4.33. The van der Waals surface area contributed by atoms with Gasteiger partial charge in [-0.2, -0.15) is 0 Å². The normalized spacial score (nSPS) is 16.1. The lowest BCUT2D eigenvalue weighted by Crippen LogP contribution is -2.30. The molecule has 1 saturated heterocycles. The van der Waals surface area contributed by atoms with Crippen LogP contribution in [0.2, 0.25) is 0 Å². The van der Waals surface area contributed by atoms with E-state index < -0.39 is 0 Å². The van der Waals surface area contributed by atoms with Gasteiger partial charge in [0.15, 0.2) is 5.11 Å². The van der Waals surface area contributed by atoms with Gasteiger partial charge in [0.2, 0.25) is 0 Å². The zero-order valence-electron chi connectivity index (χ0n) is 12.8. The smallest absolute Gasteiger partial charge is 0.281 e. The summed E-state index contributed by atoms with van der Waals surface area (Å²) in [6.07, 6.45) is 1.83. The van der Waals surface area contributed by atoms with Crippen molar-refractivity contribution in [3.05, 3.63) is 69.3 Å². The average Bonchev–Trinajstić information content (AvgIpc) is 2.79. The first-order valence-electron chi connectivity index (χ1n) is 7.15. The molecule has 1 aliphatic heterocycles. The van der Waals surface area contributed by atoms with E-state index in [1.165, 1.54) is 16.0 Å². The summed E-state index contributed by atoms with van der Waals surface area (Å²) in [5, 5.41) is 3.40. The van der Waals surface area contributed by atoms with Crippen molar-refractivity contribution in [2.45, 2.75) is 13.8 Å². The van der Waals surface area contributed by atoms with Crippen LogP contribution in [0.5, 0.6) is 0 Å². The SMILES string of the molecule is Cc1ccc(/C=C2\NC(=S)N(c3ccc(Br)cc3)C2=O)cc1C. The van der Waals surface area contributed by atoms with E-state index in [1.54, 1.807) is 0 Å². The van der Waals surface area contributed by atoms with Crippen molar-refractivity contribution >= 4 is 50.9 Å². The van der Waals surface area contributed by atoms with Crippen LogP contribution in [0.15, 0.2) is 52.6 Å². The van der Waals surface area contributed by atoms with Crippen molar-refractivity contribution in [2.24, 2.45) is 0 Å². The molecule has 2 aromatic rings. The van der Waals surface area contributed by atoms with Gasteiger partial charge in [0, 0.05) is 4.47 Å². The lowest BCUT2D eigenvalue weighted by atomic mass is 10.1. The summed E-state index contributed by atoms with van der Waals surface area (Å²) in [7, 11) is 0. The Hall–Kier alpha value is -1.98. The molecule has 0 bridgehead atoms. The first kappa shape index (κ1) is 15.9. The highest BCUT2D eigenvalue weighted by Crippen LogP contribution is 2.24. The third-order valence-electron chi connectivity index (χ3n) is 3.80. The van der Waals surface area contributed by atoms with Crippen LogP contribution in [-0.4, -0.2) is 11.0 Å². The molecule has 3 rings (SSSR count). The van der Waals surface area contributed by atoms with E-state index in [9.17, 15) is 4.79 Å². The summed E-state index contributed by atoms with van der Waals surface area (Å²) in [5.41, 5.74) is 4.63. The Bertz CT molecular complexity index is 827. The van der Waals surface area contributed by atoms with Crippen molar-refractivity contribution in [3.63, 3.8) is 0 Å². The summed E-state index contributed by atoms with van der Waals surface area (Å²) in [4.78, 5) is 14.2. The quantitative estimate of drug-likeness (QED) is 0.615. The first-order valence-corrected chi connectivity index (χ1v) is 8.36. The largest absolute Gasteiger partial charge is 0.327 e. The van der Waals surface area contributed by atoms with Gasteiger partial charge >= 0.3 is 0 Å². The number of hydrogen-bond acceptors (Lipinski definition) is 2. The lowest BCUT2D eigenvalue weighted by molar-refractivity contribution is -0.113. The van der Waals surface area contributed by atoms with E-state index in [1.807, 2.05) is 42.5 Å². The van der Waals surface area contributed by atoms with Gasteiger partial charge in [0.25, 0.3) is 5.91 Å². The number of hydrogen-bond donors (Lipinski definition) is 1. The summed E-state index contributed by atoms with van der Waals surface area (Å²) in [6.45, 7) is 4.12. The molecule has 0 atom stereocenters. The number of carbonyl (C=O) groups is 1. The molecule has 23 heavy (non-hydrogen) atoms. The Morgan fingerprint density at radius 1 is 1.09 bits per heavy atom. The zero-order chi connectivity index (χ0) is 16.6. The van der Waals surface area contributed by atoms with Gasteiger partial charge in [-0.15, -0.1) is 0 Å². The molecule has 116 valence electrons. The summed E-state index contributed by atoms with van der Waals surface area (Å²) < 4.78 is 0.956. The molecule has 1 heterocycles. The Labute approximate surface area is 149 Å². The maximum Gasteiger partial charge on any atom is 0.281 e. The first-order chi connectivity index (χ1) is 11.0. The van der Waals surface area contributed by atoms with Gasteiger partial charge in [0.05, 0.1) is 5.69 Å². The van der Waals surface area contributed by atoms with Gasteiger partial charge in [-0.05, 0) is 73.1 Å². The average molecular weight is 387 g/mol. The van der Waals surface area contributed by atoms with Crippen molar-refractivity contribution in [1.29, 1.82) is 0 Å². The molecule has 1 fully saturated rings. The van der Waals surface area contributed by atoms with Crippen LogP contribution in [0.4, 0.5) is 5.69 Å². The number of thiocarbonyl (C=S) groups is 1.